The monoisotopic (exact) mass is 245 g/mol. The van der Waals surface area contributed by atoms with Crippen LogP contribution in [-0.2, 0) is 0 Å². The van der Waals surface area contributed by atoms with E-state index < -0.39 is 0 Å². The van der Waals surface area contributed by atoms with Gasteiger partial charge in [-0.15, -0.1) is 0 Å². The molecule has 1 unspecified atom stereocenters. The molecule has 0 aromatic rings. The lowest BCUT2D eigenvalue weighted by molar-refractivity contribution is 0.191. The largest absolute Gasteiger partial charge is 0.392 e. The summed E-state index contributed by atoms with van der Waals surface area (Å²) in [6.45, 7) is 6.60. The van der Waals surface area contributed by atoms with Crippen molar-refractivity contribution in [3.05, 3.63) is 0 Å². The van der Waals surface area contributed by atoms with Crippen LogP contribution in [0.3, 0.4) is 0 Å². The van der Waals surface area contributed by atoms with E-state index in [4.69, 9.17) is 10.8 Å². The Morgan fingerprint density at radius 3 is 1.94 bits per heavy atom. The molecule has 0 aliphatic heterocycles. The fourth-order valence-electron chi connectivity index (χ4n) is 1.68. The molecule has 0 saturated carbocycles. The molecule has 0 aromatic heterocycles. The maximum absolute atomic E-state index is 9.03. The Morgan fingerprint density at radius 2 is 1.41 bits per heavy atom. The van der Waals surface area contributed by atoms with Crippen LogP contribution in [-0.4, -0.2) is 43.9 Å². The minimum Gasteiger partial charge on any atom is -0.392 e. The molecule has 0 saturated heterocycles. The third-order valence-corrected chi connectivity index (χ3v) is 2.70. The first-order valence-corrected chi connectivity index (χ1v) is 7.07. The summed E-state index contributed by atoms with van der Waals surface area (Å²) in [5.41, 5.74) is 5.43. The number of nitrogens with one attached hydrogen (secondary N) is 2. The molecule has 0 spiro atoms. The van der Waals surface area contributed by atoms with Gasteiger partial charge in [-0.1, -0.05) is 12.8 Å². The fraction of sp³-hybridized carbons (Fsp3) is 1.00. The van der Waals surface area contributed by atoms with Gasteiger partial charge in [-0.2, -0.15) is 0 Å². The van der Waals surface area contributed by atoms with Gasteiger partial charge < -0.3 is 21.5 Å². The van der Waals surface area contributed by atoms with Crippen LogP contribution in [0, 0.1) is 0 Å². The predicted molar refractivity (Wildman–Crippen MR) is 74.2 cm³/mol. The molecule has 0 fully saturated rings. The number of rotatable bonds is 13. The van der Waals surface area contributed by atoms with Crippen molar-refractivity contribution in [2.45, 2.75) is 51.6 Å². The Hall–Kier alpha value is -0.160. The van der Waals surface area contributed by atoms with Crippen molar-refractivity contribution in [2.24, 2.45) is 5.73 Å². The zero-order valence-electron chi connectivity index (χ0n) is 11.4. The van der Waals surface area contributed by atoms with Crippen molar-refractivity contribution >= 4 is 0 Å². The summed E-state index contributed by atoms with van der Waals surface area (Å²) < 4.78 is 0. The van der Waals surface area contributed by atoms with Crippen molar-refractivity contribution in [2.75, 3.05) is 32.7 Å². The van der Waals surface area contributed by atoms with Gasteiger partial charge in [0, 0.05) is 6.54 Å². The van der Waals surface area contributed by atoms with E-state index in [1.807, 2.05) is 6.92 Å². The molecule has 0 aromatic carbocycles. The van der Waals surface area contributed by atoms with Gasteiger partial charge in [-0.05, 0) is 58.8 Å². The van der Waals surface area contributed by atoms with Crippen molar-refractivity contribution in [3.8, 4) is 0 Å². The van der Waals surface area contributed by atoms with Crippen molar-refractivity contribution in [1.82, 2.24) is 10.6 Å². The Kier molecular flexibility index (Phi) is 13.8. The molecule has 0 bridgehead atoms. The van der Waals surface area contributed by atoms with Crippen LogP contribution in [0.4, 0.5) is 0 Å². The summed E-state index contributed by atoms with van der Waals surface area (Å²) in [6, 6.07) is 0. The second kappa shape index (κ2) is 13.9. The van der Waals surface area contributed by atoms with E-state index in [-0.39, 0.29) is 6.10 Å². The van der Waals surface area contributed by atoms with Gasteiger partial charge in [-0.3, -0.25) is 0 Å². The summed E-state index contributed by atoms with van der Waals surface area (Å²) in [4.78, 5) is 0. The van der Waals surface area contributed by atoms with E-state index in [9.17, 15) is 0 Å². The molecular formula is C13H31N3O. The predicted octanol–water partition coefficient (Wildman–Crippen LogP) is 0.846. The third-order valence-electron chi connectivity index (χ3n) is 2.70. The Balaban J connectivity index is 2.89. The summed E-state index contributed by atoms with van der Waals surface area (Å²) in [5.74, 6) is 0. The highest BCUT2D eigenvalue weighted by molar-refractivity contribution is 4.54. The highest BCUT2D eigenvalue weighted by atomic mass is 16.3. The molecule has 0 aliphatic rings. The van der Waals surface area contributed by atoms with E-state index in [0.717, 1.165) is 32.6 Å². The number of unbranched alkanes of at least 4 members (excludes halogenated alkanes) is 4. The fourth-order valence-corrected chi connectivity index (χ4v) is 1.68. The van der Waals surface area contributed by atoms with Crippen LogP contribution < -0.4 is 16.4 Å². The van der Waals surface area contributed by atoms with E-state index in [1.54, 1.807) is 0 Å². The number of hydrogen-bond donors (Lipinski definition) is 4. The summed E-state index contributed by atoms with van der Waals surface area (Å²) in [5, 5.41) is 15.7. The number of hydrogen-bond acceptors (Lipinski definition) is 4. The van der Waals surface area contributed by atoms with Crippen LogP contribution in [0.15, 0.2) is 0 Å². The van der Waals surface area contributed by atoms with Gasteiger partial charge in [0.15, 0.2) is 0 Å². The second-order valence-electron chi connectivity index (χ2n) is 4.71. The van der Waals surface area contributed by atoms with Gasteiger partial charge in [0.05, 0.1) is 6.10 Å². The smallest absolute Gasteiger partial charge is 0.0636 e. The van der Waals surface area contributed by atoms with Gasteiger partial charge in [0.2, 0.25) is 0 Å². The van der Waals surface area contributed by atoms with E-state index in [0.29, 0.717) is 6.54 Å². The van der Waals surface area contributed by atoms with Crippen molar-refractivity contribution in [1.29, 1.82) is 0 Å². The van der Waals surface area contributed by atoms with Crippen molar-refractivity contribution in [3.63, 3.8) is 0 Å². The Labute approximate surface area is 106 Å². The molecular weight excluding hydrogens is 214 g/mol. The van der Waals surface area contributed by atoms with E-state index >= 15 is 0 Å². The molecule has 0 heterocycles. The molecule has 104 valence electrons. The highest BCUT2D eigenvalue weighted by Crippen LogP contribution is 1.94. The normalized spacial score (nSPS) is 12.9. The molecule has 17 heavy (non-hydrogen) atoms. The summed E-state index contributed by atoms with van der Waals surface area (Å²) in [6.07, 6.45) is 7.10. The first-order valence-electron chi connectivity index (χ1n) is 7.07. The average Bonchev–Trinajstić information content (AvgIpc) is 2.30. The standard InChI is InChI=1S/C13H31N3O/c1-13(17)12-16-11-7-3-6-10-15-9-5-2-4-8-14/h13,15-17H,2-12,14H2,1H3. The van der Waals surface area contributed by atoms with Crippen LogP contribution in [0.2, 0.25) is 0 Å². The average molecular weight is 245 g/mol. The molecule has 0 amide bonds. The minimum atomic E-state index is -0.231. The van der Waals surface area contributed by atoms with Crippen LogP contribution in [0.5, 0.6) is 0 Å². The van der Waals surface area contributed by atoms with Crippen LogP contribution in [0.25, 0.3) is 0 Å². The van der Waals surface area contributed by atoms with Gasteiger partial charge >= 0.3 is 0 Å². The van der Waals surface area contributed by atoms with Crippen molar-refractivity contribution < 1.29 is 5.11 Å². The van der Waals surface area contributed by atoms with E-state index in [2.05, 4.69) is 10.6 Å². The SMILES string of the molecule is CC(O)CNCCCCCNCCCCCN. The summed E-state index contributed by atoms with van der Waals surface area (Å²) in [7, 11) is 0. The van der Waals surface area contributed by atoms with Gasteiger partial charge in [-0.25, -0.2) is 0 Å². The number of aliphatic hydroxyl groups excluding tert-OH is 1. The highest BCUT2D eigenvalue weighted by Gasteiger charge is 1.94. The number of nitrogens with two attached hydrogens (primary N) is 1. The topological polar surface area (TPSA) is 70.3 Å². The van der Waals surface area contributed by atoms with Gasteiger partial charge in [0.1, 0.15) is 0 Å². The van der Waals surface area contributed by atoms with E-state index in [1.165, 1.54) is 32.1 Å². The Bertz CT molecular complexity index is 143. The lowest BCUT2D eigenvalue weighted by atomic mass is 10.2. The zero-order valence-corrected chi connectivity index (χ0v) is 11.4. The van der Waals surface area contributed by atoms with Crippen LogP contribution >= 0.6 is 0 Å². The quantitative estimate of drug-likeness (QED) is 0.363. The lowest BCUT2D eigenvalue weighted by Gasteiger charge is -2.07. The second-order valence-corrected chi connectivity index (χ2v) is 4.71. The lowest BCUT2D eigenvalue weighted by Crippen LogP contribution is -2.25. The third kappa shape index (κ3) is 15.8. The maximum atomic E-state index is 9.03. The molecule has 0 aliphatic carbocycles. The first kappa shape index (κ1) is 16.8. The van der Waals surface area contributed by atoms with Gasteiger partial charge in [0.25, 0.3) is 0 Å². The zero-order chi connectivity index (χ0) is 12.8. The molecule has 0 rings (SSSR count). The molecule has 1 atom stereocenters. The number of aliphatic hydroxyl groups is 1. The Morgan fingerprint density at radius 1 is 0.882 bits per heavy atom. The first-order chi connectivity index (χ1) is 8.27. The summed E-state index contributed by atoms with van der Waals surface area (Å²) >= 11 is 0. The molecule has 0 radical (unpaired) electrons. The van der Waals surface area contributed by atoms with Crippen LogP contribution in [0.1, 0.15) is 45.4 Å². The molecule has 5 N–H and O–H groups in total. The maximum Gasteiger partial charge on any atom is 0.0636 e. The minimum absolute atomic E-state index is 0.231. The molecule has 4 nitrogen and oxygen atoms in total. The molecule has 4 heteroatoms.